The van der Waals surface area contributed by atoms with Gasteiger partial charge in [0.15, 0.2) is 0 Å². The molecule has 3 nitrogen and oxygen atoms in total. The SMILES string of the molecule is COc1ccc(C(C#N)N(C)CC(C)C)cc1. The maximum Gasteiger partial charge on any atom is 0.123 e. The molecule has 0 aliphatic rings. The molecule has 0 aliphatic carbocycles. The molecule has 1 rings (SSSR count). The summed E-state index contributed by atoms with van der Waals surface area (Å²) in [5, 5.41) is 9.27. The molecule has 0 aliphatic heterocycles. The van der Waals surface area contributed by atoms with Gasteiger partial charge in [0.05, 0.1) is 13.2 Å². The van der Waals surface area contributed by atoms with Crippen molar-refractivity contribution in [1.29, 1.82) is 5.26 Å². The van der Waals surface area contributed by atoms with Crippen molar-refractivity contribution in [2.45, 2.75) is 19.9 Å². The number of ether oxygens (including phenoxy) is 1. The standard InChI is InChI=1S/C14H20N2O/c1-11(2)10-16(3)14(9-15)12-5-7-13(17-4)8-6-12/h5-8,11,14H,10H2,1-4H3. The molecule has 0 N–H and O–H groups in total. The van der Waals surface area contributed by atoms with Crippen LogP contribution in [-0.2, 0) is 0 Å². The van der Waals surface area contributed by atoms with Crippen molar-refractivity contribution in [3.8, 4) is 11.8 Å². The molecule has 1 atom stereocenters. The largest absolute Gasteiger partial charge is 0.497 e. The van der Waals surface area contributed by atoms with Gasteiger partial charge in [0.1, 0.15) is 11.8 Å². The van der Waals surface area contributed by atoms with Gasteiger partial charge in [-0.15, -0.1) is 0 Å². The lowest BCUT2D eigenvalue weighted by atomic mass is 10.1. The predicted octanol–water partition coefficient (Wildman–Crippen LogP) is 2.85. The third-order valence-electron chi connectivity index (χ3n) is 2.65. The number of hydrogen-bond donors (Lipinski definition) is 0. The van der Waals surface area contributed by atoms with E-state index in [1.165, 1.54) is 0 Å². The predicted molar refractivity (Wildman–Crippen MR) is 68.8 cm³/mol. The van der Waals surface area contributed by atoms with Gasteiger partial charge in [-0.1, -0.05) is 26.0 Å². The molecule has 0 aromatic heterocycles. The van der Waals surface area contributed by atoms with E-state index in [1.807, 2.05) is 31.3 Å². The van der Waals surface area contributed by atoms with E-state index >= 15 is 0 Å². The third-order valence-corrected chi connectivity index (χ3v) is 2.65. The van der Waals surface area contributed by atoms with Crippen molar-refractivity contribution < 1.29 is 4.74 Å². The highest BCUT2D eigenvalue weighted by Crippen LogP contribution is 2.22. The van der Waals surface area contributed by atoms with Crippen LogP contribution in [0.4, 0.5) is 0 Å². The van der Waals surface area contributed by atoms with Crippen LogP contribution in [-0.4, -0.2) is 25.6 Å². The zero-order valence-corrected chi connectivity index (χ0v) is 11.0. The maximum absolute atomic E-state index is 9.27. The Morgan fingerprint density at radius 3 is 2.29 bits per heavy atom. The fourth-order valence-corrected chi connectivity index (χ4v) is 1.90. The van der Waals surface area contributed by atoms with Gasteiger partial charge in [-0.05, 0) is 30.7 Å². The molecule has 0 saturated heterocycles. The minimum atomic E-state index is -0.191. The molecule has 0 amide bonds. The molecule has 0 spiro atoms. The van der Waals surface area contributed by atoms with Gasteiger partial charge in [0, 0.05) is 6.54 Å². The average Bonchev–Trinajstić information content (AvgIpc) is 2.30. The Morgan fingerprint density at radius 1 is 1.29 bits per heavy atom. The Morgan fingerprint density at radius 2 is 1.88 bits per heavy atom. The first-order chi connectivity index (χ1) is 8.08. The van der Waals surface area contributed by atoms with Crippen LogP contribution in [0.5, 0.6) is 5.75 Å². The van der Waals surface area contributed by atoms with E-state index in [9.17, 15) is 5.26 Å². The summed E-state index contributed by atoms with van der Waals surface area (Å²) in [5.41, 5.74) is 1.01. The van der Waals surface area contributed by atoms with Crippen LogP contribution in [0, 0.1) is 17.2 Å². The molecule has 0 radical (unpaired) electrons. The van der Waals surface area contributed by atoms with Gasteiger partial charge in [-0.3, -0.25) is 4.90 Å². The number of benzene rings is 1. The number of rotatable bonds is 5. The van der Waals surface area contributed by atoms with E-state index in [2.05, 4.69) is 24.8 Å². The van der Waals surface area contributed by atoms with Gasteiger partial charge in [0.25, 0.3) is 0 Å². The summed E-state index contributed by atoms with van der Waals surface area (Å²) in [6.07, 6.45) is 0. The summed E-state index contributed by atoms with van der Waals surface area (Å²) < 4.78 is 5.11. The highest BCUT2D eigenvalue weighted by Gasteiger charge is 2.16. The zero-order chi connectivity index (χ0) is 12.8. The normalized spacial score (nSPS) is 12.5. The molecular weight excluding hydrogens is 212 g/mol. The highest BCUT2D eigenvalue weighted by atomic mass is 16.5. The highest BCUT2D eigenvalue weighted by molar-refractivity contribution is 5.31. The number of nitrogens with zero attached hydrogens (tertiary/aromatic N) is 2. The maximum atomic E-state index is 9.27. The van der Waals surface area contributed by atoms with Crippen LogP contribution in [0.1, 0.15) is 25.5 Å². The lowest BCUT2D eigenvalue weighted by Gasteiger charge is -2.24. The Labute approximate surface area is 104 Å². The Bertz CT molecular complexity index is 378. The first-order valence-electron chi connectivity index (χ1n) is 5.82. The van der Waals surface area contributed by atoms with E-state index in [0.29, 0.717) is 5.92 Å². The van der Waals surface area contributed by atoms with Crippen LogP contribution >= 0.6 is 0 Å². The van der Waals surface area contributed by atoms with Crippen molar-refractivity contribution >= 4 is 0 Å². The summed E-state index contributed by atoms with van der Waals surface area (Å²) in [5.74, 6) is 1.37. The van der Waals surface area contributed by atoms with Crippen molar-refractivity contribution in [1.82, 2.24) is 4.90 Å². The van der Waals surface area contributed by atoms with Crippen LogP contribution in [0.2, 0.25) is 0 Å². The topological polar surface area (TPSA) is 36.3 Å². The van der Waals surface area contributed by atoms with Crippen LogP contribution < -0.4 is 4.74 Å². The molecule has 0 bridgehead atoms. The first kappa shape index (κ1) is 13.5. The van der Waals surface area contributed by atoms with Crippen molar-refractivity contribution in [3.63, 3.8) is 0 Å². The molecule has 1 aromatic carbocycles. The summed E-state index contributed by atoms with van der Waals surface area (Å²) >= 11 is 0. The fourth-order valence-electron chi connectivity index (χ4n) is 1.90. The fraction of sp³-hybridized carbons (Fsp3) is 0.500. The molecule has 0 saturated carbocycles. The van der Waals surface area contributed by atoms with Crippen LogP contribution in [0.3, 0.4) is 0 Å². The second-order valence-corrected chi connectivity index (χ2v) is 4.64. The van der Waals surface area contributed by atoms with Gasteiger partial charge >= 0.3 is 0 Å². The van der Waals surface area contributed by atoms with E-state index < -0.39 is 0 Å². The summed E-state index contributed by atoms with van der Waals surface area (Å²) in [6.45, 7) is 5.21. The summed E-state index contributed by atoms with van der Waals surface area (Å²) in [7, 11) is 3.62. The van der Waals surface area contributed by atoms with E-state index in [1.54, 1.807) is 7.11 Å². The molecule has 0 heterocycles. The summed E-state index contributed by atoms with van der Waals surface area (Å²) in [6, 6.07) is 9.83. The van der Waals surface area contributed by atoms with Crippen LogP contribution in [0.25, 0.3) is 0 Å². The molecule has 1 aromatic rings. The second-order valence-electron chi connectivity index (χ2n) is 4.64. The monoisotopic (exact) mass is 232 g/mol. The van der Waals surface area contributed by atoms with Crippen molar-refractivity contribution in [2.75, 3.05) is 20.7 Å². The van der Waals surface area contributed by atoms with E-state index in [-0.39, 0.29) is 6.04 Å². The molecule has 1 unspecified atom stereocenters. The Hall–Kier alpha value is -1.53. The van der Waals surface area contributed by atoms with Crippen LogP contribution in [0.15, 0.2) is 24.3 Å². The molecule has 0 fully saturated rings. The Balaban J connectivity index is 2.82. The summed E-state index contributed by atoms with van der Waals surface area (Å²) in [4.78, 5) is 2.08. The van der Waals surface area contributed by atoms with Gasteiger partial charge in [-0.25, -0.2) is 0 Å². The molecule has 92 valence electrons. The molecular formula is C14H20N2O. The molecule has 17 heavy (non-hydrogen) atoms. The third kappa shape index (κ3) is 3.76. The lowest BCUT2D eigenvalue weighted by molar-refractivity contribution is 0.258. The zero-order valence-electron chi connectivity index (χ0n) is 11.0. The quantitative estimate of drug-likeness (QED) is 0.783. The lowest BCUT2D eigenvalue weighted by Crippen LogP contribution is -2.27. The first-order valence-corrected chi connectivity index (χ1v) is 5.82. The number of methoxy groups -OCH3 is 1. The smallest absolute Gasteiger partial charge is 0.123 e. The Kier molecular flexibility index (Phi) is 4.99. The van der Waals surface area contributed by atoms with Gasteiger partial charge in [0.2, 0.25) is 0 Å². The van der Waals surface area contributed by atoms with Crippen molar-refractivity contribution in [3.05, 3.63) is 29.8 Å². The number of hydrogen-bond acceptors (Lipinski definition) is 3. The van der Waals surface area contributed by atoms with Gasteiger partial charge < -0.3 is 4.74 Å². The van der Waals surface area contributed by atoms with Crippen molar-refractivity contribution in [2.24, 2.45) is 5.92 Å². The minimum absolute atomic E-state index is 0.191. The van der Waals surface area contributed by atoms with E-state index in [0.717, 1.165) is 17.9 Å². The average molecular weight is 232 g/mol. The van der Waals surface area contributed by atoms with Gasteiger partial charge in [-0.2, -0.15) is 5.26 Å². The number of nitriles is 1. The second kappa shape index (κ2) is 6.27. The minimum Gasteiger partial charge on any atom is -0.497 e. The van der Waals surface area contributed by atoms with E-state index in [4.69, 9.17) is 4.74 Å². The molecule has 3 heteroatoms.